The fraction of sp³-hybridized carbons (Fsp3) is 0.240. The monoisotopic (exact) mass is 404 g/mol. The molecular formula is C25H28N2O3. The van der Waals surface area contributed by atoms with E-state index in [2.05, 4.69) is 23.3 Å². The van der Waals surface area contributed by atoms with Gasteiger partial charge in [-0.2, -0.15) is 0 Å². The van der Waals surface area contributed by atoms with E-state index in [9.17, 15) is 4.79 Å². The Kier molecular flexibility index (Phi) is 7.46. The Hall–Kier alpha value is -3.31. The molecule has 5 nitrogen and oxygen atoms in total. The lowest BCUT2D eigenvalue weighted by atomic mass is 10.1. The highest BCUT2D eigenvalue weighted by molar-refractivity contribution is 6.04. The summed E-state index contributed by atoms with van der Waals surface area (Å²) in [5, 5.41) is 2.90. The third kappa shape index (κ3) is 5.84. The number of methoxy groups -OCH3 is 1. The molecule has 30 heavy (non-hydrogen) atoms. The lowest BCUT2D eigenvalue weighted by molar-refractivity contribution is 0.102. The van der Waals surface area contributed by atoms with Crippen molar-refractivity contribution in [2.45, 2.75) is 20.0 Å². The van der Waals surface area contributed by atoms with Crippen LogP contribution < -0.4 is 14.8 Å². The molecule has 0 radical (unpaired) electrons. The van der Waals surface area contributed by atoms with Crippen LogP contribution in [0.3, 0.4) is 0 Å². The Morgan fingerprint density at radius 1 is 0.900 bits per heavy atom. The molecule has 0 aromatic heterocycles. The van der Waals surface area contributed by atoms with Gasteiger partial charge in [0.25, 0.3) is 5.91 Å². The van der Waals surface area contributed by atoms with Crippen LogP contribution in [0, 0.1) is 0 Å². The Labute approximate surface area is 178 Å². The number of hydrogen-bond acceptors (Lipinski definition) is 4. The van der Waals surface area contributed by atoms with Crippen LogP contribution in [-0.4, -0.2) is 31.6 Å². The van der Waals surface area contributed by atoms with Gasteiger partial charge in [-0.3, -0.25) is 9.69 Å². The molecule has 0 saturated heterocycles. The summed E-state index contributed by atoms with van der Waals surface area (Å²) < 4.78 is 11.0. The van der Waals surface area contributed by atoms with Crippen molar-refractivity contribution in [3.63, 3.8) is 0 Å². The summed E-state index contributed by atoms with van der Waals surface area (Å²) in [6.45, 7) is 4.11. The maximum atomic E-state index is 12.4. The Balaban J connectivity index is 1.58. The zero-order valence-electron chi connectivity index (χ0n) is 17.7. The minimum absolute atomic E-state index is 0.109. The number of nitrogens with one attached hydrogen (secondary N) is 1. The van der Waals surface area contributed by atoms with Gasteiger partial charge in [0.05, 0.1) is 13.7 Å². The van der Waals surface area contributed by atoms with Crippen LogP contribution in [0.4, 0.5) is 5.69 Å². The lowest BCUT2D eigenvalue weighted by Gasteiger charge is -2.18. The van der Waals surface area contributed by atoms with E-state index < -0.39 is 0 Å². The minimum Gasteiger partial charge on any atom is -0.493 e. The highest BCUT2D eigenvalue weighted by Crippen LogP contribution is 2.28. The highest BCUT2D eigenvalue weighted by atomic mass is 16.5. The topological polar surface area (TPSA) is 50.8 Å². The van der Waals surface area contributed by atoms with Crippen molar-refractivity contribution in [1.82, 2.24) is 4.90 Å². The van der Waals surface area contributed by atoms with Crippen molar-refractivity contribution in [3.05, 3.63) is 89.5 Å². The zero-order valence-corrected chi connectivity index (χ0v) is 17.7. The highest BCUT2D eigenvalue weighted by Gasteiger charge is 2.09. The largest absolute Gasteiger partial charge is 0.493 e. The molecule has 0 fully saturated rings. The molecule has 0 bridgehead atoms. The first-order valence-electron chi connectivity index (χ1n) is 10.0. The minimum atomic E-state index is -0.109. The first-order chi connectivity index (χ1) is 14.6. The maximum absolute atomic E-state index is 12.4. The van der Waals surface area contributed by atoms with E-state index in [4.69, 9.17) is 9.47 Å². The molecular weight excluding hydrogens is 376 g/mol. The van der Waals surface area contributed by atoms with Crippen molar-refractivity contribution < 1.29 is 14.3 Å². The first kappa shape index (κ1) is 21.4. The van der Waals surface area contributed by atoms with Crippen molar-refractivity contribution in [2.24, 2.45) is 0 Å². The Bertz CT molecular complexity index is 956. The van der Waals surface area contributed by atoms with E-state index in [0.29, 0.717) is 12.2 Å². The summed E-state index contributed by atoms with van der Waals surface area (Å²) >= 11 is 0. The summed E-state index contributed by atoms with van der Waals surface area (Å²) in [7, 11) is 3.72. The van der Waals surface area contributed by atoms with Crippen molar-refractivity contribution >= 4 is 11.6 Å². The standard InChI is InChI=1S/C25H28N2O3/c1-4-30-23-15-12-20(16-24(23)29-3)18-27(2)17-19-10-13-21(14-11-19)25(28)26-22-8-6-5-7-9-22/h5-16H,4,17-18H2,1-3H3,(H,26,28). The molecule has 156 valence electrons. The van der Waals surface area contributed by atoms with E-state index >= 15 is 0 Å². The van der Waals surface area contributed by atoms with Crippen molar-refractivity contribution in [2.75, 3.05) is 26.1 Å². The number of ether oxygens (including phenoxy) is 2. The van der Waals surface area contributed by atoms with Crippen LogP contribution in [0.25, 0.3) is 0 Å². The van der Waals surface area contributed by atoms with Crippen LogP contribution >= 0.6 is 0 Å². The third-order valence-electron chi connectivity index (χ3n) is 4.68. The molecule has 3 rings (SSSR count). The number of para-hydroxylation sites is 1. The van der Waals surface area contributed by atoms with Gasteiger partial charge in [0.15, 0.2) is 11.5 Å². The number of anilines is 1. The summed E-state index contributed by atoms with van der Waals surface area (Å²) in [5.41, 5.74) is 3.72. The van der Waals surface area contributed by atoms with Crippen LogP contribution in [0.5, 0.6) is 11.5 Å². The zero-order chi connectivity index (χ0) is 21.3. The van der Waals surface area contributed by atoms with Gasteiger partial charge in [-0.15, -0.1) is 0 Å². The average molecular weight is 405 g/mol. The van der Waals surface area contributed by atoms with E-state index in [-0.39, 0.29) is 5.91 Å². The Morgan fingerprint density at radius 2 is 1.57 bits per heavy atom. The van der Waals surface area contributed by atoms with Crippen LogP contribution in [0.1, 0.15) is 28.4 Å². The van der Waals surface area contributed by atoms with Gasteiger partial charge in [-0.05, 0) is 61.5 Å². The van der Waals surface area contributed by atoms with Gasteiger partial charge in [-0.25, -0.2) is 0 Å². The van der Waals surface area contributed by atoms with Gasteiger partial charge < -0.3 is 14.8 Å². The number of rotatable bonds is 9. The van der Waals surface area contributed by atoms with Crippen molar-refractivity contribution in [1.29, 1.82) is 0 Å². The molecule has 3 aromatic rings. The van der Waals surface area contributed by atoms with Crippen LogP contribution in [-0.2, 0) is 13.1 Å². The molecule has 0 spiro atoms. The smallest absolute Gasteiger partial charge is 0.255 e. The van der Waals surface area contributed by atoms with Gasteiger partial charge in [-0.1, -0.05) is 36.4 Å². The number of carbonyl (C=O) groups is 1. The molecule has 3 aromatic carbocycles. The number of benzene rings is 3. The number of amides is 1. The van der Waals surface area contributed by atoms with Gasteiger partial charge in [0.1, 0.15) is 0 Å². The number of nitrogens with zero attached hydrogens (tertiary/aromatic N) is 1. The molecule has 0 aliphatic heterocycles. The fourth-order valence-electron chi connectivity index (χ4n) is 3.25. The molecule has 0 atom stereocenters. The molecule has 0 aliphatic rings. The third-order valence-corrected chi connectivity index (χ3v) is 4.68. The summed E-state index contributed by atoms with van der Waals surface area (Å²) in [6.07, 6.45) is 0. The normalized spacial score (nSPS) is 10.7. The van der Waals surface area contributed by atoms with E-state index in [1.165, 1.54) is 0 Å². The molecule has 5 heteroatoms. The SMILES string of the molecule is CCOc1ccc(CN(C)Cc2ccc(C(=O)Nc3ccccc3)cc2)cc1OC. The Morgan fingerprint density at radius 3 is 2.23 bits per heavy atom. The quantitative estimate of drug-likeness (QED) is 0.547. The predicted molar refractivity (Wildman–Crippen MR) is 120 cm³/mol. The predicted octanol–water partition coefficient (Wildman–Crippen LogP) is 4.98. The molecule has 0 saturated carbocycles. The van der Waals surface area contributed by atoms with E-state index in [0.717, 1.165) is 41.4 Å². The van der Waals surface area contributed by atoms with Crippen molar-refractivity contribution in [3.8, 4) is 11.5 Å². The van der Waals surface area contributed by atoms with Crippen LogP contribution in [0.2, 0.25) is 0 Å². The molecule has 1 amide bonds. The molecule has 1 N–H and O–H groups in total. The van der Waals surface area contributed by atoms with Crippen LogP contribution in [0.15, 0.2) is 72.8 Å². The van der Waals surface area contributed by atoms with E-state index in [1.54, 1.807) is 7.11 Å². The first-order valence-corrected chi connectivity index (χ1v) is 10.0. The second kappa shape index (κ2) is 10.5. The van der Waals surface area contributed by atoms with Gasteiger partial charge in [0, 0.05) is 24.3 Å². The summed E-state index contributed by atoms with van der Waals surface area (Å²) in [4.78, 5) is 14.6. The lowest BCUT2D eigenvalue weighted by Crippen LogP contribution is -2.17. The molecule has 0 aliphatic carbocycles. The number of carbonyl (C=O) groups excluding carboxylic acids is 1. The van der Waals surface area contributed by atoms with Gasteiger partial charge >= 0.3 is 0 Å². The van der Waals surface area contributed by atoms with E-state index in [1.807, 2.05) is 73.7 Å². The second-order valence-corrected chi connectivity index (χ2v) is 7.11. The maximum Gasteiger partial charge on any atom is 0.255 e. The fourth-order valence-corrected chi connectivity index (χ4v) is 3.25. The molecule has 0 unspecified atom stereocenters. The number of hydrogen-bond donors (Lipinski definition) is 1. The summed E-state index contributed by atoms with van der Waals surface area (Å²) in [5.74, 6) is 1.40. The second-order valence-electron chi connectivity index (χ2n) is 7.11. The summed E-state index contributed by atoms with van der Waals surface area (Å²) in [6, 6.07) is 23.2. The average Bonchev–Trinajstić information content (AvgIpc) is 2.76. The van der Waals surface area contributed by atoms with Gasteiger partial charge in [0.2, 0.25) is 0 Å². The molecule has 0 heterocycles.